The highest BCUT2D eigenvalue weighted by molar-refractivity contribution is 5.69. The third-order valence-corrected chi connectivity index (χ3v) is 4.66. The first-order valence-electron chi connectivity index (χ1n) is 9.06. The molecule has 2 heterocycles. The lowest BCUT2D eigenvalue weighted by molar-refractivity contribution is 0.0918. The zero-order valence-electron chi connectivity index (χ0n) is 16.7. The lowest BCUT2D eigenvalue weighted by Crippen LogP contribution is -2.38. The van der Waals surface area contributed by atoms with Crippen molar-refractivity contribution in [3.63, 3.8) is 0 Å². The molecule has 0 spiro atoms. The standard InChI is InChI=1S/C20H24N4O5/c1-5-6-13-7-8-15(16(9-13)28-4)29-11-14(25)10-24-12-21-18-17(24)19(26)23(3)20(27)22(18)2/h5,7-9,12,14,25H,1,6,10-11H2,2-4H3. The first-order chi connectivity index (χ1) is 13.9. The van der Waals surface area contributed by atoms with Crippen LogP contribution in [-0.2, 0) is 27.1 Å². The van der Waals surface area contributed by atoms with Crippen molar-refractivity contribution in [1.29, 1.82) is 0 Å². The van der Waals surface area contributed by atoms with Gasteiger partial charge in [0.15, 0.2) is 22.7 Å². The molecule has 0 aliphatic heterocycles. The molecule has 9 nitrogen and oxygen atoms in total. The van der Waals surface area contributed by atoms with Crippen LogP contribution in [0.15, 0.2) is 46.8 Å². The van der Waals surface area contributed by atoms with Crippen molar-refractivity contribution in [3.8, 4) is 11.5 Å². The predicted molar refractivity (Wildman–Crippen MR) is 109 cm³/mol. The van der Waals surface area contributed by atoms with Gasteiger partial charge in [-0.05, 0) is 24.1 Å². The number of aliphatic hydroxyl groups is 1. The Morgan fingerprint density at radius 1 is 1.24 bits per heavy atom. The van der Waals surface area contributed by atoms with E-state index in [4.69, 9.17) is 9.47 Å². The van der Waals surface area contributed by atoms with Gasteiger partial charge in [-0.15, -0.1) is 6.58 Å². The van der Waals surface area contributed by atoms with E-state index in [-0.39, 0.29) is 24.3 Å². The summed E-state index contributed by atoms with van der Waals surface area (Å²) in [6, 6.07) is 5.54. The molecule has 0 amide bonds. The summed E-state index contributed by atoms with van der Waals surface area (Å²) in [4.78, 5) is 28.6. The molecule has 0 fully saturated rings. The maximum Gasteiger partial charge on any atom is 0.332 e. The number of aromatic nitrogens is 4. The van der Waals surface area contributed by atoms with Crippen molar-refractivity contribution in [2.75, 3.05) is 13.7 Å². The van der Waals surface area contributed by atoms with Crippen LogP contribution < -0.4 is 20.7 Å². The van der Waals surface area contributed by atoms with E-state index in [0.717, 1.165) is 10.1 Å². The van der Waals surface area contributed by atoms with Crippen LogP contribution in [0.25, 0.3) is 11.2 Å². The van der Waals surface area contributed by atoms with Gasteiger partial charge in [-0.3, -0.25) is 13.9 Å². The molecule has 0 saturated carbocycles. The largest absolute Gasteiger partial charge is 0.493 e. The van der Waals surface area contributed by atoms with Crippen LogP contribution in [0.3, 0.4) is 0 Å². The molecule has 154 valence electrons. The van der Waals surface area contributed by atoms with Crippen molar-refractivity contribution in [2.24, 2.45) is 14.1 Å². The quantitative estimate of drug-likeness (QED) is 0.556. The van der Waals surface area contributed by atoms with Gasteiger partial charge in [0, 0.05) is 14.1 Å². The van der Waals surface area contributed by atoms with Gasteiger partial charge in [0.05, 0.1) is 20.0 Å². The van der Waals surface area contributed by atoms with Crippen LogP contribution in [0.4, 0.5) is 0 Å². The zero-order chi connectivity index (χ0) is 21.1. The van der Waals surface area contributed by atoms with Gasteiger partial charge < -0.3 is 19.1 Å². The summed E-state index contributed by atoms with van der Waals surface area (Å²) in [5.74, 6) is 1.07. The number of aliphatic hydroxyl groups excluding tert-OH is 1. The molecule has 29 heavy (non-hydrogen) atoms. The van der Waals surface area contributed by atoms with Crippen LogP contribution >= 0.6 is 0 Å². The molecule has 1 unspecified atom stereocenters. The molecule has 3 rings (SSSR count). The molecule has 1 N–H and O–H groups in total. The van der Waals surface area contributed by atoms with Gasteiger partial charge in [-0.2, -0.15) is 0 Å². The molecule has 0 bridgehead atoms. The lowest BCUT2D eigenvalue weighted by Gasteiger charge is -2.16. The van der Waals surface area contributed by atoms with Gasteiger partial charge in [-0.1, -0.05) is 12.1 Å². The summed E-state index contributed by atoms with van der Waals surface area (Å²) >= 11 is 0. The number of hydrogen-bond donors (Lipinski definition) is 1. The molecular formula is C20H24N4O5. The van der Waals surface area contributed by atoms with Gasteiger partial charge in [0.1, 0.15) is 12.7 Å². The maximum atomic E-state index is 12.5. The summed E-state index contributed by atoms with van der Waals surface area (Å²) in [7, 11) is 4.50. The molecule has 3 aromatic rings. The molecule has 0 aliphatic carbocycles. The number of hydrogen-bond acceptors (Lipinski definition) is 6. The van der Waals surface area contributed by atoms with Crippen LogP contribution in [0, 0.1) is 0 Å². The molecule has 2 aromatic heterocycles. The molecule has 1 aromatic carbocycles. The van der Waals surface area contributed by atoms with Gasteiger partial charge in [-0.25, -0.2) is 9.78 Å². The number of methoxy groups -OCH3 is 1. The number of fused-ring (bicyclic) bond motifs is 1. The van der Waals surface area contributed by atoms with Crippen molar-refractivity contribution >= 4 is 11.2 Å². The third-order valence-electron chi connectivity index (χ3n) is 4.66. The van der Waals surface area contributed by atoms with E-state index in [2.05, 4.69) is 11.6 Å². The Kier molecular flexibility index (Phi) is 5.88. The molecule has 0 radical (unpaired) electrons. The average molecular weight is 400 g/mol. The molecule has 0 saturated heterocycles. The van der Waals surface area contributed by atoms with Gasteiger partial charge >= 0.3 is 5.69 Å². The Hall–Kier alpha value is -3.33. The van der Waals surface area contributed by atoms with Gasteiger partial charge in [0.2, 0.25) is 0 Å². The van der Waals surface area contributed by atoms with Crippen LogP contribution in [0.1, 0.15) is 5.56 Å². The first kappa shape index (κ1) is 20.4. The number of rotatable bonds is 8. The van der Waals surface area contributed by atoms with Crippen molar-refractivity contribution in [2.45, 2.75) is 19.1 Å². The van der Waals surface area contributed by atoms with Crippen LogP contribution in [0.2, 0.25) is 0 Å². The summed E-state index contributed by atoms with van der Waals surface area (Å²) in [6.07, 6.45) is 3.03. The fourth-order valence-electron chi connectivity index (χ4n) is 3.13. The van der Waals surface area contributed by atoms with E-state index in [9.17, 15) is 14.7 Å². The van der Waals surface area contributed by atoms with E-state index >= 15 is 0 Å². The van der Waals surface area contributed by atoms with E-state index in [1.54, 1.807) is 26.3 Å². The minimum absolute atomic E-state index is 0.0110. The minimum atomic E-state index is -0.910. The third kappa shape index (κ3) is 3.95. The zero-order valence-corrected chi connectivity index (χ0v) is 16.7. The molecule has 0 aliphatic rings. The Morgan fingerprint density at radius 2 is 2.00 bits per heavy atom. The van der Waals surface area contributed by atoms with Crippen molar-refractivity contribution < 1.29 is 14.6 Å². The Balaban J connectivity index is 1.77. The SMILES string of the molecule is C=CCc1ccc(OCC(O)Cn2cnc3c2c(=O)n(C)c(=O)n3C)c(OC)c1. The normalized spacial score (nSPS) is 12.1. The minimum Gasteiger partial charge on any atom is -0.493 e. The maximum absolute atomic E-state index is 12.5. The molecule has 9 heteroatoms. The van der Waals surface area contributed by atoms with Crippen LogP contribution in [-0.4, -0.2) is 43.6 Å². The van der Waals surface area contributed by atoms with Crippen molar-refractivity contribution in [1.82, 2.24) is 18.7 Å². The lowest BCUT2D eigenvalue weighted by atomic mass is 10.1. The fourth-order valence-corrected chi connectivity index (χ4v) is 3.13. The van der Waals surface area contributed by atoms with E-state index in [0.29, 0.717) is 17.9 Å². The highest BCUT2D eigenvalue weighted by atomic mass is 16.5. The highest BCUT2D eigenvalue weighted by Gasteiger charge is 2.17. The average Bonchev–Trinajstić information content (AvgIpc) is 3.13. The Labute approximate surface area is 167 Å². The topological polar surface area (TPSA) is 101 Å². The van der Waals surface area contributed by atoms with Gasteiger partial charge in [0.25, 0.3) is 5.56 Å². The molecule has 1 atom stereocenters. The highest BCUT2D eigenvalue weighted by Crippen LogP contribution is 2.28. The van der Waals surface area contributed by atoms with Crippen LogP contribution in [0.5, 0.6) is 11.5 Å². The van der Waals surface area contributed by atoms with E-state index < -0.39 is 17.4 Å². The summed E-state index contributed by atoms with van der Waals surface area (Å²) in [5.41, 5.74) is 0.638. The number of ether oxygens (including phenoxy) is 2. The second kappa shape index (κ2) is 8.36. The molecular weight excluding hydrogens is 376 g/mol. The van der Waals surface area contributed by atoms with Crippen molar-refractivity contribution in [3.05, 3.63) is 63.6 Å². The fraction of sp³-hybridized carbons (Fsp3) is 0.350. The van der Waals surface area contributed by atoms with E-state index in [1.165, 1.54) is 22.5 Å². The second-order valence-corrected chi connectivity index (χ2v) is 6.72. The number of allylic oxidation sites excluding steroid dienone is 1. The second-order valence-electron chi connectivity index (χ2n) is 6.72. The monoisotopic (exact) mass is 400 g/mol. The number of imidazole rings is 1. The summed E-state index contributed by atoms with van der Waals surface area (Å²) in [5, 5.41) is 10.4. The smallest absolute Gasteiger partial charge is 0.332 e. The Bertz CT molecular complexity index is 1160. The number of aryl methyl sites for hydroxylation is 1. The Morgan fingerprint density at radius 3 is 2.69 bits per heavy atom. The van der Waals surface area contributed by atoms with E-state index in [1.807, 2.05) is 12.1 Å². The first-order valence-corrected chi connectivity index (χ1v) is 9.06. The number of benzene rings is 1. The summed E-state index contributed by atoms with van der Waals surface area (Å²) < 4.78 is 14.9. The number of nitrogens with zero attached hydrogens (tertiary/aromatic N) is 4. The predicted octanol–water partition coefficient (Wildman–Crippen LogP) is 0.611. The summed E-state index contributed by atoms with van der Waals surface area (Å²) in [6.45, 7) is 3.79.